The van der Waals surface area contributed by atoms with E-state index in [2.05, 4.69) is 46.4 Å². The van der Waals surface area contributed by atoms with Crippen LogP contribution < -0.4 is 25.9 Å². The average Bonchev–Trinajstić information content (AvgIpc) is 3.53. The van der Waals surface area contributed by atoms with Crippen molar-refractivity contribution in [1.29, 1.82) is 0 Å². The molecule has 0 spiro atoms. The second-order valence-corrected chi connectivity index (χ2v) is 11.1. The molecule has 0 N–H and O–H groups in total. The number of ether oxygens (including phenoxy) is 2. The van der Waals surface area contributed by atoms with Crippen molar-refractivity contribution in [1.82, 2.24) is 9.97 Å². The Morgan fingerprint density at radius 1 is 0.532 bits per heavy atom. The van der Waals surface area contributed by atoms with E-state index in [0.717, 1.165) is 83.8 Å². The van der Waals surface area contributed by atoms with E-state index in [9.17, 15) is 0 Å². The third-order valence-electron chi connectivity index (χ3n) is 8.44. The van der Waals surface area contributed by atoms with Crippen LogP contribution in [0, 0.1) is 12.1 Å². The minimum atomic E-state index is 0. The van der Waals surface area contributed by atoms with E-state index in [-0.39, 0.29) is 26.8 Å². The van der Waals surface area contributed by atoms with Gasteiger partial charge in [-0.1, -0.05) is 71.6 Å². The zero-order chi connectivity index (χ0) is 30.5. The van der Waals surface area contributed by atoms with Crippen LogP contribution in [0.5, 0.6) is 23.0 Å². The molecule has 3 aromatic heterocycles. The van der Waals surface area contributed by atoms with Crippen molar-refractivity contribution in [3.05, 3.63) is 152 Å². The quantitative estimate of drug-likeness (QED) is 0.133. The predicted molar refractivity (Wildman–Crippen MR) is 182 cm³/mol. The van der Waals surface area contributed by atoms with Gasteiger partial charge in [-0.25, -0.2) is 0 Å². The molecule has 0 bridgehead atoms. The number of aromatic nitrogens is 2. The maximum atomic E-state index is 6.55. The fourth-order valence-electron chi connectivity index (χ4n) is 6.41. The summed E-state index contributed by atoms with van der Waals surface area (Å²) < 4.78 is 19.3. The van der Waals surface area contributed by atoms with Crippen molar-refractivity contribution >= 4 is 45.0 Å². The van der Waals surface area contributed by atoms with Gasteiger partial charge in [0.2, 0.25) is 0 Å². The molecule has 7 heteroatoms. The first kappa shape index (κ1) is 29.0. The minimum absolute atomic E-state index is 0. The van der Waals surface area contributed by atoms with E-state index in [1.54, 1.807) is 12.4 Å². The Bertz CT molecular complexity index is 2340. The summed E-state index contributed by atoms with van der Waals surface area (Å²) in [6.45, 7) is 0.0133. The molecule has 225 valence electrons. The fourth-order valence-corrected chi connectivity index (χ4v) is 6.41. The van der Waals surface area contributed by atoms with Crippen LogP contribution in [-0.2, 0) is 20.1 Å². The monoisotopic (exact) mass is 783 g/mol. The fraction of sp³-hybridized carbons (Fsp3) is 0. The number of hydrogen-bond donors (Lipinski definition) is 0. The van der Waals surface area contributed by atoms with Crippen LogP contribution in [0.25, 0.3) is 44.5 Å². The third-order valence-corrected chi connectivity index (χ3v) is 8.44. The maximum absolute atomic E-state index is 6.55. The van der Waals surface area contributed by atoms with Crippen LogP contribution in [0.1, 0.15) is 0 Å². The second-order valence-electron chi connectivity index (χ2n) is 11.1. The topological polar surface area (TPSA) is 57.4 Å². The Labute approximate surface area is 285 Å². The van der Waals surface area contributed by atoms with Gasteiger partial charge in [0.15, 0.2) is 11.3 Å². The SMILES string of the molecule is [Ir].[c-]1ccc2c(oc3c4c(ccc32)B2c3ccccc3Oc3cccc(c32)O4)c1-c1ccccn1.[c-]1ccccc1-c1ccccn1. The number of para-hydroxylation sites is 1. The number of benzene rings is 5. The Morgan fingerprint density at radius 3 is 2.04 bits per heavy atom. The Balaban J connectivity index is 0.000000212. The van der Waals surface area contributed by atoms with Crippen molar-refractivity contribution in [2.24, 2.45) is 0 Å². The van der Waals surface area contributed by atoms with Gasteiger partial charge in [-0.15, -0.1) is 54.1 Å². The zero-order valence-electron chi connectivity index (χ0n) is 24.8. The molecule has 47 heavy (non-hydrogen) atoms. The molecule has 0 aliphatic carbocycles. The van der Waals surface area contributed by atoms with Crippen molar-refractivity contribution < 1.29 is 34.0 Å². The molecule has 5 nitrogen and oxygen atoms in total. The summed E-state index contributed by atoms with van der Waals surface area (Å²) in [6.07, 6.45) is 3.57. The summed E-state index contributed by atoms with van der Waals surface area (Å²) >= 11 is 0. The van der Waals surface area contributed by atoms with Crippen LogP contribution in [0.4, 0.5) is 0 Å². The maximum Gasteiger partial charge on any atom is 0.260 e. The van der Waals surface area contributed by atoms with Crippen LogP contribution in [0.3, 0.4) is 0 Å². The Morgan fingerprint density at radius 2 is 1.26 bits per heavy atom. The van der Waals surface area contributed by atoms with Crippen LogP contribution in [0.2, 0.25) is 0 Å². The van der Waals surface area contributed by atoms with E-state index in [1.165, 1.54) is 0 Å². The number of fused-ring (bicyclic) bond motifs is 8. The van der Waals surface area contributed by atoms with E-state index in [0.29, 0.717) is 0 Å². The molecule has 1 radical (unpaired) electrons. The van der Waals surface area contributed by atoms with E-state index in [1.807, 2.05) is 103 Å². The first-order valence-electron chi connectivity index (χ1n) is 15.1. The first-order chi connectivity index (χ1) is 22.8. The van der Waals surface area contributed by atoms with E-state index in [4.69, 9.17) is 13.9 Å². The Hall–Kier alpha value is -5.49. The van der Waals surface area contributed by atoms with Gasteiger partial charge >= 0.3 is 0 Å². The third kappa shape index (κ3) is 4.92. The number of rotatable bonds is 2. The molecule has 2 aliphatic heterocycles. The largest absolute Gasteiger partial charge is 0.497 e. The van der Waals surface area contributed by atoms with Gasteiger partial charge < -0.3 is 23.9 Å². The average molecular weight is 783 g/mol. The summed E-state index contributed by atoms with van der Waals surface area (Å²) in [6, 6.07) is 48.4. The summed E-state index contributed by atoms with van der Waals surface area (Å²) in [4.78, 5) is 8.74. The minimum Gasteiger partial charge on any atom is -0.497 e. The molecular weight excluding hydrogens is 759 g/mol. The van der Waals surface area contributed by atoms with Gasteiger partial charge in [0.1, 0.15) is 17.2 Å². The molecule has 0 amide bonds. The van der Waals surface area contributed by atoms with Crippen molar-refractivity contribution in [3.63, 3.8) is 0 Å². The van der Waals surface area contributed by atoms with Gasteiger partial charge in [-0.05, 0) is 52.6 Å². The van der Waals surface area contributed by atoms with Crippen LogP contribution in [0.15, 0.2) is 144 Å². The summed E-state index contributed by atoms with van der Waals surface area (Å²) in [5.41, 5.74) is 8.45. The smallest absolute Gasteiger partial charge is 0.260 e. The number of furan rings is 1. The van der Waals surface area contributed by atoms with Gasteiger partial charge in [0.25, 0.3) is 6.71 Å². The molecule has 0 saturated heterocycles. The van der Waals surface area contributed by atoms with Gasteiger partial charge in [0, 0.05) is 43.3 Å². The Kier molecular flexibility index (Phi) is 7.41. The normalized spacial score (nSPS) is 12.0. The summed E-state index contributed by atoms with van der Waals surface area (Å²) in [5.74, 6) is 3.27. The number of nitrogens with zero attached hydrogens (tertiary/aromatic N) is 2. The zero-order valence-corrected chi connectivity index (χ0v) is 27.2. The van der Waals surface area contributed by atoms with Gasteiger partial charge in [-0.3, -0.25) is 0 Å². The molecule has 0 unspecified atom stereocenters. The van der Waals surface area contributed by atoms with Crippen LogP contribution in [-0.4, -0.2) is 16.7 Å². The van der Waals surface area contributed by atoms with Gasteiger partial charge in [-0.2, -0.15) is 0 Å². The first-order valence-corrected chi connectivity index (χ1v) is 15.1. The van der Waals surface area contributed by atoms with Crippen molar-refractivity contribution in [3.8, 4) is 45.5 Å². The van der Waals surface area contributed by atoms with Crippen molar-refractivity contribution in [2.45, 2.75) is 0 Å². The van der Waals surface area contributed by atoms with E-state index < -0.39 is 0 Å². The molecule has 5 aromatic carbocycles. The second kappa shape index (κ2) is 12.0. The molecule has 5 heterocycles. The number of hydrogen-bond acceptors (Lipinski definition) is 5. The standard InChI is InChI=1S/C29H15BNO3.C11H8N.Ir/c1-2-11-23-20(9-1)30-21-15-14-18-17-7-5-8-19(22-10-3-4-16-31-22)27(17)34-28(18)29(21)33-25-13-6-12-24(32-23)26(25)30;1-2-6-10(7-3-1)11-8-4-5-9-12-11;/h1-7,9-16H;1-6,8-9H;/q2*-1;. The molecule has 10 rings (SSSR count). The molecule has 0 saturated carbocycles. The summed E-state index contributed by atoms with van der Waals surface area (Å²) in [5, 5.41) is 2.03. The predicted octanol–water partition coefficient (Wildman–Crippen LogP) is 7.72. The molecule has 2 aliphatic rings. The molecule has 0 fully saturated rings. The van der Waals surface area contributed by atoms with Crippen LogP contribution >= 0.6 is 0 Å². The number of pyridine rings is 2. The summed E-state index contributed by atoms with van der Waals surface area (Å²) in [7, 11) is 0. The molecule has 8 aromatic rings. The van der Waals surface area contributed by atoms with E-state index >= 15 is 0 Å². The molecular formula is C40H23BIrN2O3-2. The van der Waals surface area contributed by atoms with Gasteiger partial charge in [0.05, 0.1) is 5.58 Å². The van der Waals surface area contributed by atoms with Crippen molar-refractivity contribution in [2.75, 3.05) is 0 Å². The molecule has 0 atom stereocenters.